The molecule has 3 aromatic rings. The zero-order valence-corrected chi connectivity index (χ0v) is 25.5. The molecule has 0 saturated heterocycles. The first-order valence-electron chi connectivity index (χ1n) is 10.7. The minimum Gasteiger partial charge on any atom is -1.00 e. The van der Waals surface area contributed by atoms with Crippen molar-refractivity contribution in [3.8, 4) is 5.75 Å². The predicted octanol–water partition coefficient (Wildman–Crippen LogP) is 3.69. The summed E-state index contributed by atoms with van der Waals surface area (Å²) >= 11 is 4.54. The molecule has 0 fully saturated rings. The number of ether oxygens (including phenoxy) is 1. The molecule has 4 nitrogen and oxygen atoms in total. The van der Waals surface area contributed by atoms with E-state index in [1.165, 1.54) is 0 Å². The standard InChI is InChI=1S/C25H30I2NO3.HI/c1-5-6-11-22-23(18-10-7-8-12-21(18)31-22)24(29)17-15-19(26)25(20(27)16-17)30-14-9-13-28(2,3)4;/h7-8,10,12,15-16H,5-6,9,11,13-14H2,1-4H3;1H/q+1;/p-1. The normalized spacial score (nSPS) is 11.4. The molecule has 0 aliphatic rings. The lowest BCUT2D eigenvalue weighted by Crippen LogP contribution is -3.00. The van der Waals surface area contributed by atoms with Crippen LogP contribution in [0.25, 0.3) is 11.0 Å². The maximum Gasteiger partial charge on any atom is 0.197 e. The van der Waals surface area contributed by atoms with Crippen molar-refractivity contribution in [1.29, 1.82) is 0 Å². The topological polar surface area (TPSA) is 39.4 Å². The number of fused-ring (bicyclic) bond motifs is 1. The van der Waals surface area contributed by atoms with Gasteiger partial charge in [0.05, 0.1) is 47.0 Å². The monoisotopic (exact) mass is 773 g/mol. The Balaban J connectivity index is 0.00000363. The van der Waals surface area contributed by atoms with Crippen LogP contribution in [0.4, 0.5) is 0 Å². The number of aryl methyl sites for hydroxylation is 1. The van der Waals surface area contributed by atoms with Crippen molar-refractivity contribution in [3.63, 3.8) is 0 Å². The van der Waals surface area contributed by atoms with Crippen LogP contribution in [0.2, 0.25) is 0 Å². The molecule has 0 bridgehead atoms. The minimum absolute atomic E-state index is 0. The SMILES string of the molecule is CCCCc1oc2ccccc2c1C(=O)c1cc(I)c(OCCC[N+](C)(C)C)c(I)c1.[I-]. The van der Waals surface area contributed by atoms with Crippen LogP contribution < -0.4 is 28.7 Å². The van der Waals surface area contributed by atoms with Gasteiger partial charge in [-0.05, 0) is 69.8 Å². The van der Waals surface area contributed by atoms with Gasteiger partial charge in [-0.2, -0.15) is 0 Å². The third-order valence-corrected chi connectivity index (χ3v) is 6.74. The van der Waals surface area contributed by atoms with Crippen LogP contribution in [-0.2, 0) is 6.42 Å². The molecule has 32 heavy (non-hydrogen) atoms. The van der Waals surface area contributed by atoms with Crippen molar-refractivity contribution in [3.05, 3.63) is 60.4 Å². The summed E-state index contributed by atoms with van der Waals surface area (Å²) in [6.07, 6.45) is 3.81. The molecule has 1 heterocycles. The van der Waals surface area contributed by atoms with Crippen LogP contribution in [0.3, 0.4) is 0 Å². The summed E-state index contributed by atoms with van der Waals surface area (Å²) in [5.41, 5.74) is 2.16. The van der Waals surface area contributed by atoms with E-state index >= 15 is 0 Å². The van der Waals surface area contributed by atoms with E-state index in [0.717, 1.165) is 66.3 Å². The molecule has 174 valence electrons. The zero-order valence-electron chi connectivity index (χ0n) is 19.0. The number of carbonyl (C=O) groups excluding carboxylic acids is 1. The molecule has 2 aromatic carbocycles. The highest BCUT2D eigenvalue weighted by atomic mass is 127. The van der Waals surface area contributed by atoms with Gasteiger partial charge in [-0.15, -0.1) is 0 Å². The number of halogens is 3. The number of nitrogens with zero attached hydrogens (tertiary/aromatic N) is 1. The maximum atomic E-state index is 13.6. The Morgan fingerprint density at radius 2 is 1.72 bits per heavy atom. The fraction of sp³-hybridized carbons (Fsp3) is 0.400. The largest absolute Gasteiger partial charge is 1.00 e. The number of ketones is 1. The second kappa shape index (κ2) is 12.3. The maximum absolute atomic E-state index is 13.6. The van der Waals surface area contributed by atoms with Gasteiger partial charge in [0.25, 0.3) is 0 Å². The number of carbonyl (C=O) groups is 1. The fourth-order valence-electron chi connectivity index (χ4n) is 3.54. The Hall–Kier alpha value is -0.400. The van der Waals surface area contributed by atoms with Crippen molar-refractivity contribution >= 4 is 61.9 Å². The Bertz CT molecular complexity index is 1050. The molecule has 3 rings (SSSR count). The third kappa shape index (κ3) is 7.05. The van der Waals surface area contributed by atoms with Gasteiger partial charge in [-0.25, -0.2) is 0 Å². The highest BCUT2D eigenvalue weighted by Crippen LogP contribution is 2.33. The third-order valence-electron chi connectivity index (χ3n) is 5.13. The van der Waals surface area contributed by atoms with E-state index in [-0.39, 0.29) is 29.8 Å². The summed E-state index contributed by atoms with van der Waals surface area (Å²) < 4.78 is 15.0. The molecule has 0 spiro atoms. The molecule has 0 radical (unpaired) electrons. The van der Waals surface area contributed by atoms with Gasteiger partial charge in [-0.3, -0.25) is 4.79 Å². The van der Waals surface area contributed by atoms with Gasteiger partial charge in [-0.1, -0.05) is 31.5 Å². The summed E-state index contributed by atoms with van der Waals surface area (Å²) in [6.45, 7) is 3.87. The molecule has 0 aliphatic heterocycles. The number of rotatable bonds is 10. The van der Waals surface area contributed by atoms with Crippen LogP contribution in [0.1, 0.15) is 47.9 Å². The van der Waals surface area contributed by atoms with Crippen molar-refractivity contribution in [2.75, 3.05) is 34.3 Å². The molecule has 0 aliphatic carbocycles. The molecule has 7 heteroatoms. The van der Waals surface area contributed by atoms with E-state index in [2.05, 4.69) is 73.2 Å². The molecular weight excluding hydrogens is 743 g/mol. The molecule has 0 saturated carbocycles. The highest BCUT2D eigenvalue weighted by Gasteiger charge is 2.23. The van der Waals surface area contributed by atoms with Crippen LogP contribution in [0.5, 0.6) is 5.75 Å². The first kappa shape index (κ1) is 27.8. The average Bonchev–Trinajstić information content (AvgIpc) is 3.07. The molecule has 0 atom stereocenters. The first-order chi connectivity index (χ1) is 14.7. The molecule has 1 aromatic heterocycles. The fourth-order valence-corrected chi connectivity index (χ4v) is 5.62. The van der Waals surface area contributed by atoms with E-state index in [0.29, 0.717) is 17.7 Å². The van der Waals surface area contributed by atoms with Crippen molar-refractivity contribution in [2.24, 2.45) is 0 Å². The number of hydrogen-bond donors (Lipinski definition) is 0. The molecule has 0 N–H and O–H groups in total. The lowest BCUT2D eigenvalue weighted by Gasteiger charge is -2.23. The summed E-state index contributed by atoms with van der Waals surface area (Å²) in [6, 6.07) is 11.7. The van der Waals surface area contributed by atoms with Gasteiger partial charge in [0.15, 0.2) is 5.78 Å². The minimum atomic E-state index is 0. The number of benzene rings is 2. The first-order valence-corrected chi connectivity index (χ1v) is 12.8. The van der Waals surface area contributed by atoms with Crippen LogP contribution in [0.15, 0.2) is 40.8 Å². The number of quaternary nitrogens is 1. The smallest absolute Gasteiger partial charge is 0.197 e. The Morgan fingerprint density at radius 1 is 1.06 bits per heavy atom. The quantitative estimate of drug-likeness (QED) is 0.137. The summed E-state index contributed by atoms with van der Waals surface area (Å²) in [7, 11) is 6.55. The molecule has 0 amide bonds. The van der Waals surface area contributed by atoms with E-state index < -0.39 is 0 Å². The highest BCUT2D eigenvalue weighted by molar-refractivity contribution is 14.1. The van der Waals surface area contributed by atoms with Gasteiger partial charge in [0, 0.05) is 23.8 Å². The predicted molar refractivity (Wildman–Crippen MR) is 143 cm³/mol. The van der Waals surface area contributed by atoms with Gasteiger partial charge >= 0.3 is 0 Å². The Kier molecular flexibility index (Phi) is 10.7. The van der Waals surface area contributed by atoms with E-state index in [9.17, 15) is 4.79 Å². The van der Waals surface area contributed by atoms with Gasteiger partial charge < -0.3 is 37.6 Å². The number of furan rings is 1. The van der Waals surface area contributed by atoms with Crippen molar-refractivity contribution < 1.29 is 42.4 Å². The van der Waals surface area contributed by atoms with Crippen molar-refractivity contribution in [1.82, 2.24) is 0 Å². The lowest BCUT2D eigenvalue weighted by atomic mass is 9.98. The van der Waals surface area contributed by atoms with E-state index in [4.69, 9.17) is 9.15 Å². The van der Waals surface area contributed by atoms with E-state index in [1.54, 1.807) is 0 Å². The number of hydrogen-bond acceptors (Lipinski definition) is 3. The van der Waals surface area contributed by atoms with Crippen LogP contribution in [-0.4, -0.2) is 44.6 Å². The Labute approximate surface area is 235 Å². The summed E-state index contributed by atoms with van der Waals surface area (Å²) in [5.74, 6) is 1.67. The average molecular weight is 773 g/mol. The summed E-state index contributed by atoms with van der Waals surface area (Å²) in [4.78, 5) is 13.6. The lowest BCUT2D eigenvalue weighted by molar-refractivity contribution is -0.870. The van der Waals surface area contributed by atoms with Crippen LogP contribution in [0, 0.1) is 7.14 Å². The summed E-state index contributed by atoms with van der Waals surface area (Å²) in [5, 5.41) is 0.893. The van der Waals surface area contributed by atoms with Crippen molar-refractivity contribution in [2.45, 2.75) is 32.6 Å². The van der Waals surface area contributed by atoms with Crippen LogP contribution >= 0.6 is 45.2 Å². The van der Waals surface area contributed by atoms with E-state index in [1.807, 2.05) is 36.4 Å². The molecule has 0 unspecified atom stereocenters. The molecular formula is C25H30I3NO3. The van der Waals surface area contributed by atoms with Gasteiger partial charge in [0.1, 0.15) is 17.1 Å². The number of para-hydroxylation sites is 1. The van der Waals surface area contributed by atoms with Gasteiger partial charge in [0.2, 0.25) is 0 Å². The zero-order chi connectivity index (χ0) is 22.6. The number of unbranched alkanes of at least 4 members (excludes halogenated alkanes) is 1. The second-order valence-electron chi connectivity index (χ2n) is 8.81. The Morgan fingerprint density at radius 3 is 2.34 bits per heavy atom. The second-order valence-corrected chi connectivity index (χ2v) is 11.1.